The fraction of sp³-hybridized carbons (Fsp3) is 0.438. The second kappa shape index (κ2) is 7.63. The molecule has 22 heavy (non-hydrogen) atoms. The number of likely N-dealkylation sites (N-methyl/N-ethyl adjacent to an activating group) is 1. The van der Waals surface area contributed by atoms with Gasteiger partial charge in [-0.05, 0) is 31.3 Å². The number of anilines is 2. The number of halogens is 1. The molecule has 120 valence electrons. The Labute approximate surface area is 136 Å². The first-order valence-corrected chi connectivity index (χ1v) is 7.91. The predicted molar refractivity (Wildman–Crippen MR) is 93.4 cm³/mol. The van der Waals surface area contributed by atoms with Crippen LogP contribution in [0.5, 0.6) is 0 Å². The minimum Gasteiger partial charge on any atom is -0.396 e. The predicted octanol–water partition coefficient (Wildman–Crippen LogP) is 2.58. The first-order valence-electron chi connectivity index (χ1n) is 7.53. The maximum atomic E-state index is 10.2. The Balaban J connectivity index is 2.12. The number of aliphatic hydroxyl groups excluding tert-OH is 1. The van der Waals surface area contributed by atoms with Gasteiger partial charge in [-0.2, -0.15) is 0 Å². The Morgan fingerprint density at radius 2 is 2.09 bits per heavy atom. The van der Waals surface area contributed by atoms with Crippen molar-refractivity contribution >= 4 is 33.9 Å². The normalized spacial score (nSPS) is 12.8. The first kappa shape index (κ1) is 16.8. The molecule has 0 amide bonds. The molecule has 1 atom stereocenters. The number of aliphatic hydroxyl groups is 1. The molecule has 0 radical (unpaired) electrons. The second-order valence-corrected chi connectivity index (χ2v) is 5.71. The van der Waals surface area contributed by atoms with Gasteiger partial charge in [-0.15, -0.1) is 0 Å². The van der Waals surface area contributed by atoms with Gasteiger partial charge in [0.25, 0.3) is 0 Å². The standard InChI is InChI=1S/C16H23ClN4O/c1-3-21(4-2)10-12(22)8-20-16-13-6-5-11(17)7-15(13)19-9-14(16)18/h5-7,9,12,22H,3-4,8,10,18H2,1-2H3,(H,19,20). The number of pyridine rings is 1. The van der Waals surface area contributed by atoms with E-state index in [1.807, 2.05) is 12.1 Å². The summed E-state index contributed by atoms with van der Waals surface area (Å²) in [5, 5.41) is 15.0. The summed E-state index contributed by atoms with van der Waals surface area (Å²) in [6.45, 7) is 7.08. The molecule has 1 aromatic heterocycles. The van der Waals surface area contributed by atoms with Crippen molar-refractivity contribution in [2.24, 2.45) is 0 Å². The van der Waals surface area contributed by atoms with Gasteiger partial charge >= 0.3 is 0 Å². The first-order chi connectivity index (χ1) is 10.5. The van der Waals surface area contributed by atoms with Crippen molar-refractivity contribution in [3.63, 3.8) is 0 Å². The van der Waals surface area contributed by atoms with Gasteiger partial charge in [-0.3, -0.25) is 4.98 Å². The largest absolute Gasteiger partial charge is 0.396 e. The molecule has 1 unspecified atom stereocenters. The molecule has 0 aliphatic carbocycles. The van der Waals surface area contributed by atoms with Gasteiger partial charge in [0.05, 0.1) is 29.2 Å². The highest BCUT2D eigenvalue weighted by Gasteiger charge is 2.12. The SMILES string of the molecule is CCN(CC)CC(O)CNc1c(N)cnc2cc(Cl)ccc12. The average molecular weight is 323 g/mol. The summed E-state index contributed by atoms with van der Waals surface area (Å²) in [7, 11) is 0. The number of nitrogens with zero attached hydrogens (tertiary/aromatic N) is 2. The van der Waals surface area contributed by atoms with Crippen LogP contribution in [0.4, 0.5) is 11.4 Å². The topological polar surface area (TPSA) is 74.4 Å². The molecule has 1 aromatic carbocycles. The summed E-state index contributed by atoms with van der Waals surface area (Å²) in [5.74, 6) is 0. The highest BCUT2D eigenvalue weighted by Crippen LogP contribution is 2.29. The Morgan fingerprint density at radius 3 is 2.77 bits per heavy atom. The smallest absolute Gasteiger partial charge is 0.0839 e. The summed E-state index contributed by atoms with van der Waals surface area (Å²) in [6, 6.07) is 5.50. The van der Waals surface area contributed by atoms with E-state index in [4.69, 9.17) is 17.3 Å². The Bertz CT molecular complexity index is 631. The van der Waals surface area contributed by atoms with Crippen LogP contribution in [0.2, 0.25) is 5.02 Å². The van der Waals surface area contributed by atoms with E-state index in [1.165, 1.54) is 0 Å². The molecule has 4 N–H and O–H groups in total. The monoisotopic (exact) mass is 322 g/mol. The Morgan fingerprint density at radius 1 is 1.36 bits per heavy atom. The van der Waals surface area contributed by atoms with Crippen molar-refractivity contribution in [2.45, 2.75) is 20.0 Å². The van der Waals surface area contributed by atoms with Crippen LogP contribution in [-0.2, 0) is 0 Å². The van der Waals surface area contributed by atoms with Gasteiger partial charge in [0.1, 0.15) is 0 Å². The van der Waals surface area contributed by atoms with Gasteiger partial charge in [0.15, 0.2) is 0 Å². The van der Waals surface area contributed by atoms with Gasteiger partial charge in [-0.1, -0.05) is 25.4 Å². The van der Waals surface area contributed by atoms with Gasteiger partial charge in [-0.25, -0.2) is 0 Å². The van der Waals surface area contributed by atoms with Crippen molar-refractivity contribution in [2.75, 3.05) is 37.2 Å². The summed E-state index contributed by atoms with van der Waals surface area (Å²) >= 11 is 5.99. The van der Waals surface area contributed by atoms with Crippen molar-refractivity contribution < 1.29 is 5.11 Å². The van der Waals surface area contributed by atoms with Gasteiger partial charge in [0, 0.05) is 23.5 Å². The number of aromatic nitrogens is 1. The van der Waals surface area contributed by atoms with Gasteiger partial charge in [0.2, 0.25) is 0 Å². The lowest BCUT2D eigenvalue weighted by molar-refractivity contribution is 0.128. The number of nitrogens with one attached hydrogen (secondary N) is 1. The third kappa shape index (κ3) is 4.00. The van der Waals surface area contributed by atoms with E-state index >= 15 is 0 Å². The molecule has 0 saturated heterocycles. The Hall–Kier alpha value is -1.56. The molecule has 0 bridgehead atoms. The van der Waals surface area contributed by atoms with E-state index in [9.17, 15) is 5.11 Å². The number of rotatable bonds is 7. The lowest BCUT2D eigenvalue weighted by Gasteiger charge is -2.22. The zero-order valence-electron chi connectivity index (χ0n) is 13.0. The van der Waals surface area contributed by atoms with Crippen molar-refractivity contribution in [3.8, 4) is 0 Å². The van der Waals surface area contributed by atoms with Crippen LogP contribution in [0.3, 0.4) is 0 Å². The van der Waals surface area contributed by atoms with Crippen LogP contribution >= 0.6 is 11.6 Å². The van der Waals surface area contributed by atoms with E-state index in [2.05, 4.69) is 29.0 Å². The maximum absolute atomic E-state index is 10.2. The molecular formula is C16H23ClN4O. The van der Waals surface area contributed by atoms with Crippen LogP contribution in [0.1, 0.15) is 13.8 Å². The summed E-state index contributed by atoms with van der Waals surface area (Å²) < 4.78 is 0. The van der Waals surface area contributed by atoms with E-state index in [0.717, 1.165) is 29.7 Å². The van der Waals surface area contributed by atoms with E-state index in [-0.39, 0.29) is 0 Å². The number of hydrogen-bond donors (Lipinski definition) is 3. The number of nitrogens with two attached hydrogens (primary N) is 1. The van der Waals surface area contributed by atoms with Crippen molar-refractivity contribution in [3.05, 3.63) is 29.4 Å². The Kier molecular flexibility index (Phi) is 5.83. The molecule has 1 heterocycles. The van der Waals surface area contributed by atoms with Crippen LogP contribution in [0.15, 0.2) is 24.4 Å². The fourth-order valence-corrected chi connectivity index (χ4v) is 2.61. The molecule has 0 aliphatic rings. The third-order valence-electron chi connectivity index (χ3n) is 3.74. The van der Waals surface area contributed by atoms with E-state index in [0.29, 0.717) is 23.8 Å². The highest BCUT2D eigenvalue weighted by atomic mass is 35.5. The summed E-state index contributed by atoms with van der Waals surface area (Å²) in [5.41, 5.74) is 8.15. The number of fused-ring (bicyclic) bond motifs is 1. The molecule has 6 heteroatoms. The molecule has 0 fully saturated rings. The van der Waals surface area contributed by atoms with Crippen molar-refractivity contribution in [1.29, 1.82) is 0 Å². The minimum absolute atomic E-state index is 0.433. The lowest BCUT2D eigenvalue weighted by Crippen LogP contribution is -2.36. The lowest BCUT2D eigenvalue weighted by atomic mass is 10.1. The quantitative estimate of drug-likeness (QED) is 0.730. The molecular weight excluding hydrogens is 300 g/mol. The molecule has 0 spiro atoms. The van der Waals surface area contributed by atoms with Crippen LogP contribution in [0, 0.1) is 0 Å². The average Bonchev–Trinajstić information content (AvgIpc) is 2.51. The highest BCUT2D eigenvalue weighted by molar-refractivity contribution is 6.31. The van der Waals surface area contributed by atoms with Gasteiger partial charge < -0.3 is 21.1 Å². The molecule has 0 saturated carbocycles. The summed E-state index contributed by atoms with van der Waals surface area (Å²) in [6.07, 6.45) is 1.15. The molecule has 2 rings (SSSR count). The number of hydrogen-bond acceptors (Lipinski definition) is 5. The molecule has 0 aliphatic heterocycles. The minimum atomic E-state index is -0.463. The molecule has 5 nitrogen and oxygen atoms in total. The van der Waals surface area contributed by atoms with Crippen molar-refractivity contribution in [1.82, 2.24) is 9.88 Å². The fourth-order valence-electron chi connectivity index (χ4n) is 2.44. The third-order valence-corrected chi connectivity index (χ3v) is 3.97. The van der Waals surface area contributed by atoms with Crippen LogP contribution in [0.25, 0.3) is 10.9 Å². The van der Waals surface area contributed by atoms with E-state index in [1.54, 1.807) is 12.3 Å². The number of benzene rings is 1. The van der Waals surface area contributed by atoms with Crippen LogP contribution in [-0.4, -0.2) is 47.3 Å². The zero-order chi connectivity index (χ0) is 16.1. The van der Waals surface area contributed by atoms with Crippen LogP contribution < -0.4 is 11.1 Å². The van der Waals surface area contributed by atoms with E-state index < -0.39 is 6.10 Å². The second-order valence-electron chi connectivity index (χ2n) is 5.27. The summed E-state index contributed by atoms with van der Waals surface area (Å²) in [4.78, 5) is 6.46. The molecule has 2 aromatic rings. The number of nitrogen functional groups attached to an aromatic ring is 1. The zero-order valence-corrected chi connectivity index (χ0v) is 13.8. The maximum Gasteiger partial charge on any atom is 0.0839 e.